The molecular formula is C14H14Br2ClNOS. The SMILES string of the molecule is CCNC(c1cc(Br)c(Br)s1)c1ccc(OC)cc1Cl. The lowest BCUT2D eigenvalue weighted by Crippen LogP contribution is -2.21. The highest BCUT2D eigenvalue weighted by Crippen LogP contribution is 2.39. The van der Waals surface area contributed by atoms with Crippen LogP contribution in [0.5, 0.6) is 5.75 Å². The Balaban J connectivity index is 2.42. The highest BCUT2D eigenvalue weighted by molar-refractivity contribution is 9.13. The lowest BCUT2D eigenvalue weighted by Gasteiger charge is -2.18. The number of rotatable bonds is 5. The summed E-state index contributed by atoms with van der Waals surface area (Å²) in [7, 11) is 1.64. The minimum Gasteiger partial charge on any atom is -0.497 e. The molecule has 0 spiro atoms. The Morgan fingerprint density at radius 2 is 2.10 bits per heavy atom. The summed E-state index contributed by atoms with van der Waals surface area (Å²) in [6.45, 7) is 2.95. The fourth-order valence-corrected chi connectivity index (χ4v) is 4.41. The van der Waals surface area contributed by atoms with Crippen LogP contribution in [0.25, 0.3) is 0 Å². The van der Waals surface area contributed by atoms with Crippen LogP contribution in [0.1, 0.15) is 23.4 Å². The molecule has 1 N–H and O–H groups in total. The van der Waals surface area contributed by atoms with Gasteiger partial charge in [-0.25, -0.2) is 0 Å². The van der Waals surface area contributed by atoms with Crippen molar-refractivity contribution in [2.75, 3.05) is 13.7 Å². The summed E-state index contributed by atoms with van der Waals surface area (Å²) in [6, 6.07) is 7.98. The Labute approximate surface area is 144 Å². The van der Waals surface area contributed by atoms with Gasteiger partial charge in [0.1, 0.15) is 5.75 Å². The van der Waals surface area contributed by atoms with Crippen molar-refractivity contribution < 1.29 is 4.74 Å². The van der Waals surface area contributed by atoms with E-state index in [1.54, 1.807) is 18.4 Å². The minimum atomic E-state index is 0.0750. The second-order valence-corrected chi connectivity index (χ2v) is 7.81. The summed E-state index contributed by atoms with van der Waals surface area (Å²) in [5.74, 6) is 0.766. The molecule has 0 fully saturated rings. The molecule has 0 saturated heterocycles. The first-order chi connectivity index (χ1) is 9.56. The predicted octanol–water partition coefficient (Wildman–Crippen LogP) is 5.63. The van der Waals surface area contributed by atoms with Crippen molar-refractivity contribution in [2.45, 2.75) is 13.0 Å². The van der Waals surface area contributed by atoms with Gasteiger partial charge in [-0.1, -0.05) is 24.6 Å². The number of halogens is 3. The van der Waals surface area contributed by atoms with Crippen LogP contribution in [-0.4, -0.2) is 13.7 Å². The van der Waals surface area contributed by atoms with Gasteiger partial charge in [0.15, 0.2) is 0 Å². The zero-order chi connectivity index (χ0) is 14.7. The van der Waals surface area contributed by atoms with Gasteiger partial charge < -0.3 is 10.1 Å². The molecule has 0 aliphatic heterocycles. The van der Waals surface area contributed by atoms with Crippen LogP contribution in [0.15, 0.2) is 32.5 Å². The molecule has 2 aromatic rings. The maximum absolute atomic E-state index is 6.40. The maximum atomic E-state index is 6.40. The van der Waals surface area contributed by atoms with Gasteiger partial charge in [-0.05, 0) is 62.2 Å². The van der Waals surface area contributed by atoms with Gasteiger partial charge in [-0.2, -0.15) is 0 Å². The van der Waals surface area contributed by atoms with Crippen molar-refractivity contribution in [3.05, 3.63) is 48.0 Å². The number of benzene rings is 1. The molecular weight excluding hydrogens is 425 g/mol. The van der Waals surface area contributed by atoms with E-state index in [9.17, 15) is 0 Å². The molecule has 2 nitrogen and oxygen atoms in total. The fraction of sp³-hybridized carbons (Fsp3) is 0.286. The molecule has 108 valence electrons. The number of hydrogen-bond acceptors (Lipinski definition) is 3. The quantitative estimate of drug-likeness (QED) is 0.652. The molecule has 1 atom stereocenters. The van der Waals surface area contributed by atoms with E-state index in [1.807, 2.05) is 18.2 Å². The molecule has 1 unspecified atom stereocenters. The van der Waals surface area contributed by atoms with Crippen LogP contribution in [0, 0.1) is 0 Å². The molecule has 6 heteroatoms. The molecule has 0 radical (unpaired) electrons. The highest BCUT2D eigenvalue weighted by Gasteiger charge is 2.19. The first-order valence-electron chi connectivity index (χ1n) is 6.08. The van der Waals surface area contributed by atoms with Crippen LogP contribution in [-0.2, 0) is 0 Å². The third-order valence-electron chi connectivity index (χ3n) is 2.88. The predicted molar refractivity (Wildman–Crippen MR) is 93.2 cm³/mol. The molecule has 0 aliphatic carbocycles. The number of methoxy groups -OCH3 is 1. The summed E-state index contributed by atoms with van der Waals surface area (Å²) >= 11 is 15.2. The molecule has 0 saturated carbocycles. The molecule has 0 aliphatic rings. The van der Waals surface area contributed by atoms with E-state index in [0.717, 1.165) is 26.1 Å². The second-order valence-electron chi connectivity index (χ2n) is 4.15. The normalized spacial score (nSPS) is 12.4. The fourth-order valence-electron chi connectivity index (χ4n) is 1.94. The number of nitrogens with one attached hydrogen (secondary N) is 1. The van der Waals surface area contributed by atoms with E-state index in [4.69, 9.17) is 16.3 Å². The van der Waals surface area contributed by atoms with Crippen molar-refractivity contribution in [3.63, 3.8) is 0 Å². The van der Waals surface area contributed by atoms with E-state index < -0.39 is 0 Å². The Kier molecular flexibility index (Phi) is 5.93. The van der Waals surface area contributed by atoms with E-state index in [2.05, 4.69) is 50.2 Å². The van der Waals surface area contributed by atoms with Crippen LogP contribution >= 0.6 is 54.8 Å². The average Bonchev–Trinajstić information content (AvgIpc) is 2.76. The summed E-state index contributed by atoms with van der Waals surface area (Å²) in [6.07, 6.45) is 0. The van der Waals surface area contributed by atoms with Crippen molar-refractivity contribution in [2.24, 2.45) is 0 Å². The number of ether oxygens (including phenoxy) is 1. The Morgan fingerprint density at radius 3 is 2.60 bits per heavy atom. The average molecular weight is 440 g/mol. The van der Waals surface area contributed by atoms with E-state index in [1.165, 1.54) is 4.88 Å². The summed E-state index contributed by atoms with van der Waals surface area (Å²) in [4.78, 5) is 1.21. The molecule has 1 aromatic carbocycles. The Bertz CT molecular complexity index is 583. The highest BCUT2D eigenvalue weighted by atomic mass is 79.9. The van der Waals surface area contributed by atoms with Crippen molar-refractivity contribution in [1.29, 1.82) is 0 Å². The van der Waals surface area contributed by atoms with Crippen molar-refractivity contribution >= 4 is 54.8 Å². The summed E-state index contributed by atoms with van der Waals surface area (Å²) < 4.78 is 7.34. The molecule has 1 heterocycles. The van der Waals surface area contributed by atoms with E-state index >= 15 is 0 Å². The molecule has 20 heavy (non-hydrogen) atoms. The van der Waals surface area contributed by atoms with Gasteiger partial charge in [0.2, 0.25) is 0 Å². The topological polar surface area (TPSA) is 21.3 Å². The Morgan fingerprint density at radius 1 is 1.35 bits per heavy atom. The van der Waals surface area contributed by atoms with Gasteiger partial charge >= 0.3 is 0 Å². The van der Waals surface area contributed by atoms with Gasteiger partial charge in [-0.15, -0.1) is 11.3 Å². The monoisotopic (exact) mass is 437 g/mol. The molecule has 0 amide bonds. The standard InChI is InChI=1S/C14H14Br2ClNOS/c1-3-18-13(12-7-10(15)14(16)20-12)9-5-4-8(19-2)6-11(9)17/h4-7,13,18H,3H2,1-2H3. The zero-order valence-electron chi connectivity index (χ0n) is 11.0. The van der Waals surface area contributed by atoms with Gasteiger partial charge in [-0.3, -0.25) is 0 Å². The smallest absolute Gasteiger partial charge is 0.120 e. The number of thiophene rings is 1. The molecule has 2 rings (SSSR count). The van der Waals surface area contributed by atoms with Gasteiger partial charge in [0.25, 0.3) is 0 Å². The Hall–Kier alpha value is -0.0700. The largest absolute Gasteiger partial charge is 0.497 e. The lowest BCUT2D eigenvalue weighted by molar-refractivity contribution is 0.414. The summed E-state index contributed by atoms with van der Waals surface area (Å²) in [5.41, 5.74) is 1.05. The third-order valence-corrected chi connectivity index (χ3v) is 6.52. The van der Waals surface area contributed by atoms with Crippen molar-refractivity contribution in [1.82, 2.24) is 5.32 Å². The van der Waals surface area contributed by atoms with Crippen LogP contribution < -0.4 is 10.1 Å². The van der Waals surface area contributed by atoms with Crippen LogP contribution in [0.3, 0.4) is 0 Å². The summed E-state index contributed by atoms with van der Waals surface area (Å²) in [5, 5.41) is 4.18. The van der Waals surface area contributed by atoms with Gasteiger partial charge in [0.05, 0.1) is 16.9 Å². The van der Waals surface area contributed by atoms with E-state index in [0.29, 0.717) is 5.02 Å². The third kappa shape index (κ3) is 3.57. The minimum absolute atomic E-state index is 0.0750. The molecule has 1 aromatic heterocycles. The van der Waals surface area contributed by atoms with Gasteiger partial charge in [0, 0.05) is 14.4 Å². The van der Waals surface area contributed by atoms with Crippen molar-refractivity contribution in [3.8, 4) is 5.75 Å². The molecule has 0 bridgehead atoms. The maximum Gasteiger partial charge on any atom is 0.120 e. The lowest BCUT2D eigenvalue weighted by atomic mass is 10.0. The first kappa shape index (κ1) is 16.3. The van der Waals surface area contributed by atoms with Crippen LogP contribution in [0.2, 0.25) is 5.02 Å². The zero-order valence-corrected chi connectivity index (χ0v) is 15.8. The number of hydrogen-bond donors (Lipinski definition) is 1. The van der Waals surface area contributed by atoms with E-state index in [-0.39, 0.29) is 6.04 Å². The van der Waals surface area contributed by atoms with Crippen LogP contribution in [0.4, 0.5) is 0 Å². The first-order valence-corrected chi connectivity index (χ1v) is 8.86. The second kappa shape index (κ2) is 7.27.